The lowest BCUT2D eigenvalue weighted by Gasteiger charge is -2.32. The van der Waals surface area contributed by atoms with E-state index in [1.165, 1.54) is 7.11 Å². The first kappa shape index (κ1) is 22.5. The van der Waals surface area contributed by atoms with Gasteiger partial charge in [-0.25, -0.2) is 4.79 Å². The number of hydrogen-bond acceptors (Lipinski definition) is 5. The second-order valence-electron chi connectivity index (χ2n) is 8.27. The van der Waals surface area contributed by atoms with Crippen LogP contribution in [0, 0.1) is 0 Å². The Morgan fingerprint density at radius 1 is 1.11 bits per heavy atom. The first-order valence-electron chi connectivity index (χ1n) is 9.74. The number of esters is 1. The van der Waals surface area contributed by atoms with E-state index in [-0.39, 0.29) is 24.1 Å². The van der Waals surface area contributed by atoms with E-state index in [0.29, 0.717) is 11.4 Å². The molecule has 1 fully saturated rings. The van der Waals surface area contributed by atoms with E-state index in [0.717, 1.165) is 31.2 Å². The molecule has 1 saturated carbocycles. The third kappa shape index (κ3) is 7.68. The first-order chi connectivity index (χ1) is 13.2. The Bertz CT molecular complexity index is 649. The number of methoxy groups -OCH3 is 1. The van der Waals surface area contributed by atoms with Gasteiger partial charge in [-0.1, -0.05) is 23.7 Å². The van der Waals surface area contributed by atoms with Crippen LogP contribution in [0.2, 0.25) is 5.02 Å². The highest BCUT2D eigenvalue weighted by Crippen LogP contribution is 2.21. The molecule has 1 aliphatic rings. The maximum atomic E-state index is 12.2. The fourth-order valence-electron chi connectivity index (χ4n) is 3.37. The van der Waals surface area contributed by atoms with Crippen molar-refractivity contribution in [2.45, 2.75) is 76.6 Å². The Labute approximate surface area is 172 Å². The maximum absolute atomic E-state index is 12.2. The molecule has 1 aromatic rings. The highest BCUT2D eigenvalue weighted by Gasteiger charge is 2.28. The second-order valence-corrected chi connectivity index (χ2v) is 8.70. The van der Waals surface area contributed by atoms with Crippen molar-refractivity contribution in [1.29, 1.82) is 0 Å². The number of alkyl carbamates (subject to hydrolysis) is 1. The molecule has 0 unspecified atom stereocenters. The van der Waals surface area contributed by atoms with Crippen molar-refractivity contribution >= 4 is 23.7 Å². The van der Waals surface area contributed by atoms with Gasteiger partial charge in [0.05, 0.1) is 7.11 Å². The molecule has 156 valence electrons. The summed E-state index contributed by atoms with van der Waals surface area (Å²) in [5, 5.41) is 7.03. The van der Waals surface area contributed by atoms with Gasteiger partial charge in [0, 0.05) is 17.1 Å². The molecule has 1 amide bonds. The van der Waals surface area contributed by atoms with Crippen molar-refractivity contribution in [3.05, 3.63) is 34.9 Å². The number of hydrogen-bond donors (Lipinski definition) is 2. The molecule has 28 heavy (non-hydrogen) atoms. The molecule has 6 nitrogen and oxygen atoms in total. The van der Waals surface area contributed by atoms with E-state index in [2.05, 4.69) is 10.6 Å². The molecule has 1 aromatic carbocycles. The fraction of sp³-hybridized carbons (Fsp3) is 0.619. The number of ether oxygens (including phenoxy) is 2. The zero-order valence-electron chi connectivity index (χ0n) is 17.1. The second kappa shape index (κ2) is 10.1. The summed E-state index contributed by atoms with van der Waals surface area (Å²) in [6, 6.07) is 7.36. The number of carbonyl (C=O) groups excluding carboxylic acids is 2. The molecule has 0 aromatic heterocycles. The minimum absolute atomic E-state index is 0.0979. The number of rotatable bonds is 6. The molecule has 1 aliphatic carbocycles. The molecular weight excluding hydrogens is 380 g/mol. The standard InChI is InChI=1S/C21H31ClN2O4/c1-21(2,3)28-20(26)24-17-11-9-16(10-12-17)23-18(19(25)27-4)13-14-5-7-15(22)8-6-14/h5-8,16-18,23H,9-13H2,1-4H3,(H,24,26)/t16?,17?,18-/m1/s1. The summed E-state index contributed by atoms with van der Waals surface area (Å²) in [6.07, 6.45) is 3.58. The first-order valence-corrected chi connectivity index (χ1v) is 10.1. The summed E-state index contributed by atoms with van der Waals surface area (Å²) >= 11 is 5.93. The molecule has 0 heterocycles. The van der Waals surface area contributed by atoms with Crippen molar-refractivity contribution in [2.24, 2.45) is 0 Å². The Kier molecular flexibility index (Phi) is 8.13. The van der Waals surface area contributed by atoms with Crippen LogP contribution in [0.15, 0.2) is 24.3 Å². The van der Waals surface area contributed by atoms with Crippen LogP contribution < -0.4 is 10.6 Å². The summed E-state index contributed by atoms with van der Waals surface area (Å²) in [4.78, 5) is 24.1. The molecule has 2 rings (SSSR count). The van der Waals surface area contributed by atoms with Gasteiger partial charge in [0.1, 0.15) is 11.6 Å². The molecule has 0 spiro atoms. The summed E-state index contributed by atoms with van der Waals surface area (Å²) in [5.41, 5.74) is 0.519. The normalized spacial score (nSPS) is 20.9. The van der Waals surface area contributed by atoms with Crippen LogP contribution in [0.5, 0.6) is 0 Å². The SMILES string of the molecule is COC(=O)[C@@H](Cc1ccc(Cl)cc1)NC1CCC(NC(=O)OC(C)(C)C)CC1. The summed E-state index contributed by atoms with van der Waals surface area (Å²) in [6.45, 7) is 5.54. The van der Waals surface area contributed by atoms with Crippen LogP contribution in [0.4, 0.5) is 4.79 Å². The molecule has 0 aliphatic heterocycles. The van der Waals surface area contributed by atoms with Gasteiger partial charge in [0.15, 0.2) is 0 Å². The van der Waals surface area contributed by atoms with Gasteiger partial charge in [-0.3, -0.25) is 4.79 Å². The van der Waals surface area contributed by atoms with E-state index in [4.69, 9.17) is 21.1 Å². The zero-order valence-corrected chi connectivity index (χ0v) is 17.8. The van der Waals surface area contributed by atoms with E-state index in [1.54, 1.807) is 0 Å². The van der Waals surface area contributed by atoms with Crippen molar-refractivity contribution in [1.82, 2.24) is 10.6 Å². The summed E-state index contributed by atoms with van der Waals surface area (Å²) < 4.78 is 10.3. The minimum Gasteiger partial charge on any atom is -0.468 e. The lowest BCUT2D eigenvalue weighted by Crippen LogP contribution is -2.49. The number of halogens is 1. The highest BCUT2D eigenvalue weighted by molar-refractivity contribution is 6.30. The fourth-order valence-corrected chi connectivity index (χ4v) is 3.50. The monoisotopic (exact) mass is 410 g/mol. The van der Waals surface area contributed by atoms with Crippen LogP contribution >= 0.6 is 11.6 Å². The van der Waals surface area contributed by atoms with Gasteiger partial charge in [0.2, 0.25) is 0 Å². The van der Waals surface area contributed by atoms with Crippen LogP contribution in [0.3, 0.4) is 0 Å². The summed E-state index contributed by atoms with van der Waals surface area (Å²) in [5.74, 6) is -0.274. The van der Waals surface area contributed by atoms with E-state index in [1.807, 2.05) is 45.0 Å². The maximum Gasteiger partial charge on any atom is 0.407 e. The van der Waals surface area contributed by atoms with Crippen molar-refractivity contribution < 1.29 is 19.1 Å². The molecule has 0 saturated heterocycles. The third-order valence-corrected chi connectivity index (χ3v) is 4.98. The smallest absolute Gasteiger partial charge is 0.407 e. The Balaban J connectivity index is 1.85. The Morgan fingerprint density at radius 3 is 2.21 bits per heavy atom. The topological polar surface area (TPSA) is 76.7 Å². The van der Waals surface area contributed by atoms with E-state index >= 15 is 0 Å². The zero-order chi connectivity index (χ0) is 20.7. The average molecular weight is 411 g/mol. The van der Waals surface area contributed by atoms with Crippen LogP contribution in [0.25, 0.3) is 0 Å². The van der Waals surface area contributed by atoms with Crippen LogP contribution in [-0.4, -0.2) is 42.9 Å². The highest BCUT2D eigenvalue weighted by atomic mass is 35.5. The summed E-state index contributed by atoms with van der Waals surface area (Å²) in [7, 11) is 1.40. The van der Waals surface area contributed by atoms with Gasteiger partial charge in [-0.15, -0.1) is 0 Å². The van der Waals surface area contributed by atoms with Crippen molar-refractivity contribution in [3.8, 4) is 0 Å². The van der Waals surface area contributed by atoms with Gasteiger partial charge in [-0.2, -0.15) is 0 Å². The number of nitrogens with one attached hydrogen (secondary N) is 2. The Hall–Kier alpha value is -1.79. The number of carbonyl (C=O) groups is 2. The van der Waals surface area contributed by atoms with Gasteiger partial charge in [0.25, 0.3) is 0 Å². The minimum atomic E-state index is -0.502. The lowest BCUT2D eigenvalue weighted by molar-refractivity contribution is -0.143. The molecule has 0 bridgehead atoms. The van der Waals surface area contributed by atoms with Crippen LogP contribution in [-0.2, 0) is 20.7 Å². The predicted octanol–water partition coefficient (Wildman–Crippen LogP) is 3.85. The lowest BCUT2D eigenvalue weighted by atomic mass is 9.90. The van der Waals surface area contributed by atoms with E-state index < -0.39 is 11.6 Å². The largest absolute Gasteiger partial charge is 0.468 e. The number of amides is 1. The quantitative estimate of drug-likeness (QED) is 0.696. The van der Waals surface area contributed by atoms with Gasteiger partial charge < -0.3 is 20.1 Å². The van der Waals surface area contributed by atoms with Crippen LogP contribution in [0.1, 0.15) is 52.0 Å². The molecular formula is C21H31ClN2O4. The molecule has 7 heteroatoms. The molecule has 2 N–H and O–H groups in total. The van der Waals surface area contributed by atoms with E-state index in [9.17, 15) is 9.59 Å². The van der Waals surface area contributed by atoms with Crippen molar-refractivity contribution in [3.63, 3.8) is 0 Å². The number of benzene rings is 1. The Morgan fingerprint density at radius 2 is 1.68 bits per heavy atom. The third-order valence-electron chi connectivity index (χ3n) is 4.72. The van der Waals surface area contributed by atoms with Gasteiger partial charge >= 0.3 is 12.1 Å². The predicted molar refractivity (Wildman–Crippen MR) is 110 cm³/mol. The molecule has 1 atom stereocenters. The van der Waals surface area contributed by atoms with Gasteiger partial charge in [-0.05, 0) is 70.6 Å². The van der Waals surface area contributed by atoms with Crippen molar-refractivity contribution in [2.75, 3.05) is 7.11 Å². The average Bonchev–Trinajstić information content (AvgIpc) is 2.62. The molecule has 0 radical (unpaired) electrons.